The summed E-state index contributed by atoms with van der Waals surface area (Å²) in [4.78, 5) is 12.7. The molecule has 0 spiro atoms. The fraction of sp³-hybridized carbons (Fsp3) is 0.400. The molecule has 1 amide bonds. The Kier molecular flexibility index (Phi) is 6.58. The van der Waals surface area contributed by atoms with Gasteiger partial charge in [-0.25, -0.2) is 4.68 Å². The average Bonchev–Trinajstić information content (AvgIpc) is 3.34. The summed E-state index contributed by atoms with van der Waals surface area (Å²) in [5, 5.41) is 16.1. The van der Waals surface area contributed by atoms with Crippen LogP contribution in [-0.2, 0) is 11.8 Å². The quantitative estimate of drug-likeness (QED) is 0.565. The molecule has 9 heteroatoms. The van der Waals surface area contributed by atoms with Crippen LogP contribution in [0.15, 0.2) is 41.7 Å². The highest BCUT2D eigenvalue weighted by Gasteiger charge is 2.22. The molecule has 0 fully saturated rings. The summed E-state index contributed by atoms with van der Waals surface area (Å²) in [6, 6.07) is 9.67. The van der Waals surface area contributed by atoms with Crippen LogP contribution in [0.25, 0.3) is 11.4 Å². The van der Waals surface area contributed by atoms with E-state index in [-0.39, 0.29) is 17.2 Å². The van der Waals surface area contributed by atoms with Gasteiger partial charge in [-0.1, -0.05) is 30.8 Å². The van der Waals surface area contributed by atoms with Gasteiger partial charge >= 0.3 is 0 Å². The molecule has 2 heterocycles. The molecule has 1 N–H and O–H groups in total. The minimum absolute atomic E-state index is 0.109. The predicted octanol–water partition coefficient (Wildman–Crippen LogP) is 3.78. The molecular formula is C20H26N6O2S. The lowest BCUT2D eigenvalue weighted by molar-refractivity contribution is -0.115. The summed E-state index contributed by atoms with van der Waals surface area (Å²) in [6.07, 6.45) is 2.63. The maximum atomic E-state index is 12.7. The van der Waals surface area contributed by atoms with Gasteiger partial charge in [0.2, 0.25) is 5.91 Å². The van der Waals surface area contributed by atoms with E-state index in [4.69, 9.17) is 4.74 Å². The van der Waals surface area contributed by atoms with Gasteiger partial charge in [0.05, 0.1) is 30.2 Å². The number of benzene rings is 1. The number of hydrogen-bond donors (Lipinski definition) is 1. The fourth-order valence-corrected chi connectivity index (χ4v) is 3.67. The third-order valence-corrected chi connectivity index (χ3v) is 5.90. The molecule has 3 rings (SSSR count). The number of carbonyl (C=O) groups excluding carboxylic acids is 1. The summed E-state index contributed by atoms with van der Waals surface area (Å²) in [7, 11) is 3.51. The van der Waals surface area contributed by atoms with Crippen LogP contribution in [0.4, 0.5) is 5.82 Å². The number of amides is 1. The molecule has 0 saturated carbocycles. The Bertz CT molecular complexity index is 983. The molecule has 8 nitrogen and oxygen atoms in total. The second-order valence-corrected chi connectivity index (χ2v) is 8.04. The highest BCUT2D eigenvalue weighted by atomic mass is 32.2. The van der Waals surface area contributed by atoms with Gasteiger partial charge in [0.15, 0.2) is 11.0 Å². The van der Waals surface area contributed by atoms with Gasteiger partial charge in [-0.15, -0.1) is 10.2 Å². The lowest BCUT2D eigenvalue weighted by atomic mass is 10.2. The lowest BCUT2D eigenvalue weighted by Gasteiger charge is -2.16. The number of rotatable bonds is 8. The van der Waals surface area contributed by atoms with Crippen LogP contribution in [0.3, 0.4) is 0 Å². The van der Waals surface area contributed by atoms with Crippen molar-refractivity contribution in [2.45, 2.75) is 43.6 Å². The van der Waals surface area contributed by atoms with Gasteiger partial charge in [-0.3, -0.25) is 4.79 Å². The number of aromatic nitrogens is 5. The van der Waals surface area contributed by atoms with Crippen molar-refractivity contribution in [1.29, 1.82) is 0 Å². The molecule has 0 bridgehead atoms. The van der Waals surface area contributed by atoms with Crippen LogP contribution >= 0.6 is 11.8 Å². The molecule has 154 valence electrons. The van der Waals surface area contributed by atoms with Gasteiger partial charge in [0.1, 0.15) is 11.6 Å². The smallest absolute Gasteiger partial charge is 0.238 e. The molecule has 29 heavy (non-hydrogen) atoms. The standard InChI is InChI=1S/C20H26N6O2S/c1-6-13(2)26-17(11-12-21-26)22-19(27)14(3)29-20-24-23-18(25(20)4)15-9-7-8-10-16(15)28-5/h7-14H,6H2,1-5H3,(H,22,27)/t13-,14+/m1/s1. The first kappa shape index (κ1) is 20.9. The number of para-hydroxylation sites is 1. The number of ether oxygens (including phenoxy) is 1. The average molecular weight is 415 g/mol. The minimum atomic E-state index is -0.358. The van der Waals surface area contributed by atoms with Crippen LogP contribution in [0.1, 0.15) is 33.2 Å². The Balaban J connectivity index is 1.73. The van der Waals surface area contributed by atoms with Crippen molar-refractivity contribution < 1.29 is 9.53 Å². The Morgan fingerprint density at radius 3 is 2.72 bits per heavy atom. The number of carbonyl (C=O) groups is 1. The first-order valence-electron chi connectivity index (χ1n) is 9.50. The molecular weight excluding hydrogens is 388 g/mol. The van der Waals surface area contributed by atoms with Crippen molar-refractivity contribution in [2.24, 2.45) is 7.05 Å². The number of hydrogen-bond acceptors (Lipinski definition) is 6. The maximum Gasteiger partial charge on any atom is 0.238 e. The number of anilines is 1. The maximum absolute atomic E-state index is 12.7. The Morgan fingerprint density at radius 1 is 1.24 bits per heavy atom. The second kappa shape index (κ2) is 9.13. The second-order valence-electron chi connectivity index (χ2n) is 6.73. The zero-order chi connectivity index (χ0) is 21.0. The van der Waals surface area contributed by atoms with Gasteiger partial charge in [0, 0.05) is 13.1 Å². The van der Waals surface area contributed by atoms with Crippen molar-refractivity contribution in [3.05, 3.63) is 36.5 Å². The number of nitrogens with one attached hydrogen (secondary N) is 1. The summed E-state index contributed by atoms with van der Waals surface area (Å²) < 4.78 is 9.12. The lowest BCUT2D eigenvalue weighted by Crippen LogP contribution is -2.25. The molecule has 0 radical (unpaired) electrons. The first-order chi connectivity index (χ1) is 14.0. The third-order valence-electron chi connectivity index (χ3n) is 4.76. The van der Waals surface area contributed by atoms with E-state index >= 15 is 0 Å². The molecule has 2 aromatic heterocycles. The predicted molar refractivity (Wildman–Crippen MR) is 114 cm³/mol. The summed E-state index contributed by atoms with van der Waals surface area (Å²) in [5.74, 6) is 2.00. The summed E-state index contributed by atoms with van der Waals surface area (Å²) >= 11 is 1.36. The molecule has 0 aliphatic rings. The monoisotopic (exact) mass is 414 g/mol. The first-order valence-corrected chi connectivity index (χ1v) is 10.4. The Labute approximate surface area is 174 Å². The van der Waals surface area contributed by atoms with E-state index < -0.39 is 0 Å². The summed E-state index contributed by atoms with van der Waals surface area (Å²) in [6.45, 7) is 6.00. The Morgan fingerprint density at radius 2 is 2.00 bits per heavy atom. The number of nitrogens with zero attached hydrogens (tertiary/aromatic N) is 5. The number of thioether (sulfide) groups is 1. The van der Waals surface area contributed by atoms with Crippen LogP contribution in [0.2, 0.25) is 0 Å². The van der Waals surface area contributed by atoms with Gasteiger partial charge in [-0.05, 0) is 32.4 Å². The summed E-state index contributed by atoms with van der Waals surface area (Å²) in [5.41, 5.74) is 0.853. The van der Waals surface area contributed by atoms with E-state index in [1.54, 1.807) is 13.3 Å². The highest BCUT2D eigenvalue weighted by Crippen LogP contribution is 2.31. The van der Waals surface area contributed by atoms with E-state index in [2.05, 4.69) is 34.5 Å². The topological polar surface area (TPSA) is 86.9 Å². The van der Waals surface area contributed by atoms with Crippen molar-refractivity contribution in [3.63, 3.8) is 0 Å². The van der Waals surface area contributed by atoms with Gasteiger partial charge in [-0.2, -0.15) is 5.10 Å². The van der Waals surface area contributed by atoms with Gasteiger partial charge < -0.3 is 14.6 Å². The van der Waals surface area contributed by atoms with Crippen molar-refractivity contribution in [1.82, 2.24) is 24.5 Å². The molecule has 0 aliphatic heterocycles. The molecule has 0 unspecified atom stereocenters. The van der Waals surface area contributed by atoms with Crippen LogP contribution in [-0.4, -0.2) is 42.8 Å². The molecule has 0 aliphatic carbocycles. The molecule has 2 atom stereocenters. The molecule has 1 aromatic carbocycles. The van der Waals surface area contributed by atoms with E-state index in [9.17, 15) is 4.79 Å². The van der Waals surface area contributed by atoms with E-state index in [1.165, 1.54) is 11.8 Å². The molecule has 3 aromatic rings. The highest BCUT2D eigenvalue weighted by molar-refractivity contribution is 8.00. The Hall–Kier alpha value is -2.81. The SMILES string of the molecule is CC[C@@H](C)n1nccc1NC(=O)[C@H](C)Sc1nnc(-c2ccccc2OC)n1C. The number of methoxy groups -OCH3 is 1. The zero-order valence-corrected chi connectivity index (χ0v) is 18.1. The van der Waals surface area contributed by atoms with E-state index in [0.29, 0.717) is 16.8 Å². The zero-order valence-electron chi connectivity index (χ0n) is 17.3. The third kappa shape index (κ3) is 4.45. The normalized spacial score (nSPS) is 13.1. The van der Waals surface area contributed by atoms with Crippen molar-refractivity contribution in [2.75, 3.05) is 12.4 Å². The fourth-order valence-electron chi connectivity index (χ4n) is 2.86. The van der Waals surface area contributed by atoms with E-state index in [0.717, 1.165) is 17.7 Å². The van der Waals surface area contributed by atoms with Crippen LogP contribution in [0.5, 0.6) is 5.75 Å². The van der Waals surface area contributed by atoms with Crippen molar-refractivity contribution in [3.8, 4) is 17.1 Å². The van der Waals surface area contributed by atoms with Gasteiger partial charge in [0.25, 0.3) is 0 Å². The minimum Gasteiger partial charge on any atom is -0.496 e. The molecule has 0 saturated heterocycles. The largest absolute Gasteiger partial charge is 0.496 e. The van der Waals surface area contributed by atoms with Crippen molar-refractivity contribution >= 4 is 23.5 Å². The van der Waals surface area contributed by atoms with E-state index in [1.807, 2.05) is 53.6 Å². The van der Waals surface area contributed by atoms with Crippen LogP contribution < -0.4 is 10.1 Å². The van der Waals surface area contributed by atoms with Crippen LogP contribution in [0, 0.1) is 0 Å².